The first-order valence-electron chi connectivity index (χ1n) is 10.6. The summed E-state index contributed by atoms with van der Waals surface area (Å²) in [6.07, 6.45) is 3.75. The Morgan fingerprint density at radius 3 is 2.07 bits per heavy atom. The van der Waals surface area contributed by atoms with Gasteiger partial charge in [-0.05, 0) is 48.0 Å². The zero-order chi connectivity index (χ0) is 21.1. The van der Waals surface area contributed by atoms with Crippen molar-refractivity contribution < 1.29 is 9.22 Å². The highest BCUT2D eigenvalue weighted by atomic mass is 35.5. The van der Waals surface area contributed by atoms with E-state index in [1.807, 2.05) is 24.3 Å². The van der Waals surface area contributed by atoms with Crippen LogP contribution in [0.25, 0.3) is 0 Å². The van der Waals surface area contributed by atoms with Crippen molar-refractivity contribution in [3.05, 3.63) is 40.6 Å². The zero-order valence-corrected chi connectivity index (χ0v) is 20.3. The van der Waals surface area contributed by atoms with Gasteiger partial charge in [-0.2, -0.15) is 0 Å². The smallest absolute Gasteiger partial charge is 0.258 e. The molecule has 0 atom stereocenters. The summed E-state index contributed by atoms with van der Waals surface area (Å²) in [5.74, 6) is 0.958. The Morgan fingerprint density at radius 1 is 1.00 bits per heavy atom. The minimum atomic E-state index is -2.08. The van der Waals surface area contributed by atoms with Crippen molar-refractivity contribution in [2.75, 3.05) is 11.9 Å². The Hall–Kier alpha value is -1.26. The van der Waals surface area contributed by atoms with Crippen molar-refractivity contribution in [2.45, 2.75) is 83.8 Å². The third-order valence-corrected chi connectivity index (χ3v) is 12.5. The van der Waals surface area contributed by atoms with E-state index in [2.05, 4.69) is 41.5 Å². The molecule has 0 N–H and O–H groups in total. The molecule has 1 aliphatic carbocycles. The van der Waals surface area contributed by atoms with Crippen LogP contribution in [-0.4, -0.2) is 21.3 Å². The molecule has 1 aromatic rings. The molecule has 2 rings (SSSR count). The third kappa shape index (κ3) is 4.49. The minimum Gasteiger partial charge on any atom is -0.545 e. The Balaban J connectivity index is 2.44. The number of para-hydroxylation sites is 1. The van der Waals surface area contributed by atoms with Crippen LogP contribution >= 0.6 is 11.6 Å². The number of carbonyl (C=O) groups is 1. The second-order valence-electron chi connectivity index (χ2n) is 8.84. The number of halogens is 1. The third-order valence-electron chi connectivity index (χ3n) is 6.20. The zero-order valence-electron chi connectivity index (χ0n) is 18.5. The highest BCUT2D eigenvalue weighted by Crippen LogP contribution is 2.45. The van der Waals surface area contributed by atoms with Crippen LogP contribution in [0.1, 0.15) is 67.2 Å². The van der Waals surface area contributed by atoms with Gasteiger partial charge in [-0.15, -0.1) is 0 Å². The number of benzene rings is 1. The highest BCUT2D eigenvalue weighted by Gasteiger charge is 2.48. The first kappa shape index (κ1) is 23.0. The lowest BCUT2D eigenvalue weighted by Gasteiger charge is -2.44. The molecule has 0 spiro atoms. The van der Waals surface area contributed by atoms with Crippen molar-refractivity contribution in [3.63, 3.8) is 0 Å². The first-order chi connectivity index (χ1) is 13.1. The summed E-state index contributed by atoms with van der Waals surface area (Å²) in [5.41, 5.74) is 3.04. The molecule has 0 saturated carbocycles. The van der Waals surface area contributed by atoms with E-state index in [-0.39, 0.29) is 5.91 Å². The van der Waals surface area contributed by atoms with E-state index in [1.165, 1.54) is 0 Å². The SMILES string of the molecule is CC(C)[Si](OC1=C(C(=O)N(C)c2ccccc2Cl)CCCC1)(C(C)C)C(C)C. The van der Waals surface area contributed by atoms with E-state index in [1.54, 1.807) is 11.9 Å². The number of amides is 1. The number of likely N-dealkylation sites (N-methyl/N-ethyl adjacent to an activating group) is 1. The van der Waals surface area contributed by atoms with Gasteiger partial charge in [0.1, 0.15) is 0 Å². The first-order valence-corrected chi connectivity index (χ1v) is 13.1. The van der Waals surface area contributed by atoms with Crippen LogP contribution in [0, 0.1) is 0 Å². The lowest BCUT2D eigenvalue weighted by atomic mass is 9.96. The molecular weight excluding hydrogens is 386 g/mol. The van der Waals surface area contributed by atoms with Crippen LogP contribution in [0.2, 0.25) is 21.6 Å². The van der Waals surface area contributed by atoms with Crippen LogP contribution in [0.5, 0.6) is 0 Å². The van der Waals surface area contributed by atoms with Crippen LogP contribution < -0.4 is 4.90 Å². The number of rotatable bonds is 7. The molecule has 0 radical (unpaired) electrons. The quantitative estimate of drug-likeness (QED) is 0.431. The molecule has 1 aliphatic rings. The van der Waals surface area contributed by atoms with Gasteiger partial charge in [-0.3, -0.25) is 4.79 Å². The summed E-state index contributed by atoms with van der Waals surface area (Å²) in [6, 6.07) is 7.50. The molecule has 5 heteroatoms. The van der Waals surface area contributed by atoms with Gasteiger partial charge in [0, 0.05) is 13.5 Å². The monoisotopic (exact) mass is 421 g/mol. The van der Waals surface area contributed by atoms with E-state index >= 15 is 0 Å². The second kappa shape index (κ2) is 9.49. The van der Waals surface area contributed by atoms with E-state index < -0.39 is 8.32 Å². The molecule has 0 heterocycles. The predicted octanol–water partition coefficient (Wildman–Crippen LogP) is 7.32. The molecule has 3 nitrogen and oxygen atoms in total. The summed E-state index contributed by atoms with van der Waals surface area (Å²) in [7, 11) is -0.276. The van der Waals surface area contributed by atoms with Gasteiger partial charge in [0.25, 0.3) is 14.2 Å². The Morgan fingerprint density at radius 2 is 1.54 bits per heavy atom. The van der Waals surface area contributed by atoms with Gasteiger partial charge < -0.3 is 9.33 Å². The minimum absolute atomic E-state index is 0.0157. The number of hydrogen-bond acceptors (Lipinski definition) is 2. The van der Waals surface area contributed by atoms with Gasteiger partial charge in [-0.25, -0.2) is 0 Å². The molecule has 156 valence electrons. The van der Waals surface area contributed by atoms with E-state index in [4.69, 9.17) is 16.0 Å². The lowest BCUT2D eigenvalue weighted by Crippen LogP contribution is -2.48. The van der Waals surface area contributed by atoms with Gasteiger partial charge >= 0.3 is 0 Å². The summed E-state index contributed by atoms with van der Waals surface area (Å²) < 4.78 is 6.95. The second-order valence-corrected chi connectivity index (χ2v) is 14.6. The fourth-order valence-electron chi connectivity index (χ4n) is 4.82. The topological polar surface area (TPSA) is 29.5 Å². The van der Waals surface area contributed by atoms with Crippen LogP contribution in [0.4, 0.5) is 5.69 Å². The molecule has 28 heavy (non-hydrogen) atoms. The molecule has 0 unspecified atom stereocenters. The van der Waals surface area contributed by atoms with E-state index in [0.29, 0.717) is 21.6 Å². The summed E-state index contributed by atoms with van der Waals surface area (Å²) in [6.45, 7) is 13.7. The molecule has 1 amide bonds. The number of carbonyl (C=O) groups excluding carboxylic acids is 1. The Labute approximate surface area is 177 Å². The van der Waals surface area contributed by atoms with Crippen molar-refractivity contribution in [1.82, 2.24) is 0 Å². The van der Waals surface area contributed by atoms with E-state index in [0.717, 1.165) is 42.7 Å². The molecule has 0 saturated heterocycles. The summed E-state index contributed by atoms with van der Waals surface area (Å²) in [5, 5.41) is 0.590. The normalized spacial score (nSPS) is 15.5. The fraction of sp³-hybridized carbons (Fsp3) is 0.609. The van der Waals surface area contributed by atoms with Crippen LogP contribution in [-0.2, 0) is 9.22 Å². The van der Waals surface area contributed by atoms with Gasteiger partial charge in [0.05, 0.1) is 22.0 Å². The predicted molar refractivity (Wildman–Crippen MR) is 122 cm³/mol. The van der Waals surface area contributed by atoms with E-state index in [9.17, 15) is 4.79 Å². The number of hydrogen-bond donors (Lipinski definition) is 0. The number of nitrogens with zero attached hydrogens (tertiary/aromatic N) is 1. The Bertz CT molecular complexity index is 705. The maximum absolute atomic E-state index is 13.4. The molecule has 0 fully saturated rings. The fourth-order valence-corrected chi connectivity index (χ4v) is 10.4. The molecule has 0 aromatic heterocycles. The highest BCUT2D eigenvalue weighted by molar-refractivity contribution is 6.77. The van der Waals surface area contributed by atoms with Crippen molar-refractivity contribution in [3.8, 4) is 0 Å². The molecule has 0 bridgehead atoms. The largest absolute Gasteiger partial charge is 0.545 e. The molecular formula is C23H36ClNO2Si. The average molecular weight is 422 g/mol. The van der Waals surface area contributed by atoms with Crippen molar-refractivity contribution >= 4 is 31.5 Å². The van der Waals surface area contributed by atoms with Crippen LogP contribution in [0.3, 0.4) is 0 Å². The van der Waals surface area contributed by atoms with Crippen LogP contribution in [0.15, 0.2) is 35.6 Å². The number of anilines is 1. The van der Waals surface area contributed by atoms with Gasteiger partial charge in [0.2, 0.25) is 0 Å². The van der Waals surface area contributed by atoms with Gasteiger partial charge in [0.15, 0.2) is 0 Å². The maximum Gasteiger partial charge on any atom is 0.258 e. The summed E-state index contributed by atoms with van der Waals surface area (Å²) in [4.78, 5) is 15.1. The van der Waals surface area contributed by atoms with Crippen molar-refractivity contribution in [2.24, 2.45) is 0 Å². The lowest BCUT2D eigenvalue weighted by molar-refractivity contribution is -0.115. The standard InChI is InChI=1S/C23H36ClNO2Si/c1-16(2)28(17(3)4,18(5)6)27-22-15-11-8-12-19(22)23(26)25(7)21-14-10-9-13-20(21)24/h9-10,13-14,16-18H,8,11-12,15H2,1-7H3. The maximum atomic E-state index is 13.4. The average Bonchev–Trinajstić information content (AvgIpc) is 2.64. The van der Waals surface area contributed by atoms with Gasteiger partial charge in [-0.1, -0.05) is 65.3 Å². The molecule has 1 aromatic carbocycles. The van der Waals surface area contributed by atoms with Crippen molar-refractivity contribution in [1.29, 1.82) is 0 Å². The number of allylic oxidation sites excluding steroid dienone is 1. The Kier molecular flexibility index (Phi) is 7.80. The molecule has 0 aliphatic heterocycles. The summed E-state index contributed by atoms with van der Waals surface area (Å²) >= 11 is 6.34.